The zero-order valence-corrected chi connectivity index (χ0v) is 21.8. The van der Waals surface area contributed by atoms with Crippen LogP contribution < -0.4 is 5.32 Å². The molecule has 3 fully saturated rings. The molecule has 6 heteroatoms. The van der Waals surface area contributed by atoms with E-state index >= 15 is 0 Å². The van der Waals surface area contributed by atoms with Gasteiger partial charge in [0.25, 0.3) is 5.91 Å². The minimum atomic E-state index is 0.0313. The summed E-state index contributed by atoms with van der Waals surface area (Å²) in [7, 11) is 0. The zero-order valence-electron chi connectivity index (χ0n) is 21.8. The summed E-state index contributed by atoms with van der Waals surface area (Å²) in [5, 5.41) is 3.33. The summed E-state index contributed by atoms with van der Waals surface area (Å²) in [6.45, 7) is 11.4. The molecule has 0 aromatic heterocycles. The third-order valence-corrected chi connectivity index (χ3v) is 8.38. The van der Waals surface area contributed by atoms with Crippen molar-refractivity contribution in [1.82, 2.24) is 20.0 Å². The summed E-state index contributed by atoms with van der Waals surface area (Å²) < 4.78 is 0. The van der Waals surface area contributed by atoms with E-state index in [0.29, 0.717) is 18.4 Å². The Bertz CT molecular complexity index is 1030. The summed E-state index contributed by atoms with van der Waals surface area (Å²) >= 11 is 0. The molecule has 192 valence electrons. The molecule has 0 spiro atoms. The second-order valence-corrected chi connectivity index (χ2v) is 11.1. The highest BCUT2D eigenvalue weighted by Crippen LogP contribution is 2.33. The fourth-order valence-corrected chi connectivity index (χ4v) is 6.45. The van der Waals surface area contributed by atoms with Crippen LogP contribution in [0.1, 0.15) is 52.4 Å². The van der Waals surface area contributed by atoms with Gasteiger partial charge in [-0.2, -0.15) is 0 Å². The third-order valence-electron chi connectivity index (χ3n) is 8.38. The fraction of sp³-hybridized carbons (Fsp3) is 0.533. The smallest absolute Gasteiger partial charge is 0.254 e. The minimum absolute atomic E-state index is 0.0313. The van der Waals surface area contributed by atoms with Crippen LogP contribution in [0.3, 0.4) is 0 Å². The van der Waals surface area contributed by atoms with Crippen molar-refractivity contribution in [3.8, 4) is 0 Å². The Kier molecular flexibility index (Phi) is 7.73. The van der Waals surface area contributed by atoms with E-state index in [4.69, 9.17) is 0 Å². The van der Waals surface area contributed by atoms with Gasteiger partial charge < -0.3 is 15.1 Å². The minimum Gasteiger partial charge on any atom is -0.348 e. The average molecular weight is 489 g/mol. The number of likely N-dealkylation sites (tertiary alicyclic amines) is 3. The number of fused-ring (bicyclic) bond motifs is 1. The van der Waals surface area contributed by atoms with E-state index in [2.05, 4.69) is 44.3 Å². The molecule has 2 unspecified atom stereocenters. The molecular weight excluding hydrogens is 448 g/mol. The maximum atomic E-state index is 13.3. The lowest BCUT2D eigenvalue weighted by Gasteiger charge is -2.26. The molecule has 0 aliphatic carbocycles. The van der Waals surface area contributed by atoms with Crippen LogP contribution in [0, 0.1) is 25.7 Å². The first-order chi connectivity index (χ1) is 17.5. The lowest BCUT2D eigenvalue weighted by atomic mass is 10.0. The molecule has 3 aliphatic heterocycles. The second-order valence-electron chi connectivity index (χ2n) is 11.1. The Balaban J connectivity index is 1.15. The SMILES string of the molecule is Cc1cccc(C)c1C(=O)N1CC2CN(CC[C@H](NC(=O)CN3CCCC3)c3ccccc3)CC2C1. The Hall–Kier alpha value is -2.70. The van der Waals surface area contributed by atoms with Crippen LogP contribution in [0.5, 0.6) is 0 Å². The molecule has 0 radical (unpaired) electrons. The zero-order chi connectivity index (χ0) is 25.1. The summed E-state index contributed by atoms with van der Waals surface area (Å²) in [6.07, 6.45) is 3.29. The third kappa shape index (κ3) is 5.65. The highest BCUT2D eigenvalue weighted by Gasteiger charge is 2.42. The van der Waals surface area contributed by atoms with E-state index in [9.17, 15) is 9.59 Å². The number of carbonyl (C=O) groups is 2. The fourth-order valence-electron chi connectivity index (χ4n) is 6.45. The standard InChI is InChI=1S/C30H40N4O2/c1-22-9-8-10-23(2)29(22)30(36)34-19-25-17-33(18-26(25)20-34)16-13-27(24-11-4-3-5-12-24)31-28(35)21-32-14-6-7-15-32/h3-5,8-12,25-27H,6-7,13-21H2,1-2H3,(H,31,35)/t25?,26?,27-/m0/s1. The topological polar surface area (TPSA) is 55.9 Å². The normalized spacial score (nSPS) is 23.1. The van der Waals surface area contributed by atoms with Crippen LogP contribution in [0.25, 0.3) is 0 Å². The van der Waals surface area contributed by atoms with E-state index < -0.39 is 0 Å². The number of carbonyl (C=O) groups excluding carboxylic acids is 2. The first-order valence-electron chi connectivity index (χ1n) is 13.6. The predicted molar refractivity (Wildman–Crippen MR) is 143 cm³/mol. The van der Waals surface area contributed by atoms with Crippen LogP contribution in [0.4, 0.5) is 0 Å². The summed E-state index contributed by atoms with van der Waals surface area (Å²) in [4.78, 5) is 32.9. The van der Waals surface area contributed by atoms with Crippen LogP contribution in [0.15, 0.2) is 48.5 Å². The quantitative estimate of drug-likeness (QED) is 0.616. The van der Waals surface area contributed by atoms with E-state index in [0.717, 1.165) is 68.9 Å². The maximum absolute atomic E-state index is 13.3. The van der Waals surface area contributed by atoms with Gasteiger partial charge in [-0.25, -0.2) is 0 Å². The molecule has 2 aromatic carbocycles. The van der Waals surface area contributed by atoms with E-state index in [1.165, 1.54) is 18.4 Å². The van der Waals surface area contributed by atoms with Gasteiger partial charge in [0.15, 0.2) is 0 Å². The molecule has 3 heterocycles. The number of hydrogen-bond donors (Lipinski definition) is 1. The summed E-state index contributed by atoms with van der Waals surface area (Å²) in [5.74, 6) is 1.40. The Labute approximate surface area is 215 Å². The van der Waals surface area contributed by atoms with E-state index in [-0.39, 0.29) is 17.9 Å². The van der Waals surface area contributed by atoms with Gasteiger partial charge >= 0.3 is 0 Å². The number of nitrogens with zero attached hydrogens (tertiary/aromatic N) is 3. The number of amides is 2. The van der Waals surface area contributed by atoms with Crippen LogP contribution in [-0.4, -0.2) is 78.9 Å². The lowest BCUT2D eigenvalue weighted by Crippen LogP contribution is -2.39. The Morgan fingerprint density at radius 2 is 1.50 bits per heavy atom. The van der Waals surface area contributed by atoms with Crippen LogP contribution in [-0.2, 0) is 4.79 Å². The van der Waals surface area contributed by atoms with Crippen LogP contribution >= 0.6 is 0 Å². The maximum Gasteiger partial charge on any atom is 0.254 e. The number of aryl methyl sites for hydroxylation is 2. The molecule has 3 saturated heterocycles. The van der Waals surface area contributed by atoms with Crippen molar-refractivity contribution in [2.45, 2.75) is 39.2 Å². The molecule has 3 aliphatic rings. The summed E-state index contributed by atoms with van der Waals surface area (Å²) in [5.41, 5.74) is 4.19. The number of benzene rings is 2. The average Bonchev–Trinajstić information content (AvgIpc) is 3.59. The van der Waals surface area contributed by atoms with Gasteiger partial charge in [-0.15, -0.1) is 0 Å². The molecule has 36 heavy (non-hydrogen) atoms. The van der Waals surface area contributed by atoms with Gasteiger partial charge in [-0.1, -0.05) is 48.5 Å². The lowest BCUT2D eigenvalue weighted by molar-refractivity contribution is -0.122. The van der Waals surface area contributed by atoms with Gasteiger partial charge in [0, 0.05) is 38.3 Å². The number of nitrogens with one attached hydrogen (secondary N) is 1. The van der Waals surface area contributed by atoms with Crippen molar-refractivity contribution >= 4 is 11.8 Å². The highest BCUT2D eigenvalue weighted by molar-refractivity contribution is 5.97. The molecular formula is C30H40N4O2. The van der Waals surface area contributed by atoms with Crippen molar-refractivity contribution in [3.63, 3.8) is 0 Å². The van der Waals surface area contributed by atoms with Crippen molar-refractivity contribution in [2.75, 3.05) is 52.4 Å². The summed E-state index contributed by atoms with van der Waals surface area (Å²) in [6, 6.07) is 16.5. The highest BCUT2D eigenvalue weighted by atomic mass is 16.2. The van der Waals surface area contributed by atoms with Crippen LogP contribution in [0.2, 0.25) is 0 Å². The van der Waals surface area contributed by atoms with Gasteiger partial charge in [0.1, 0.15) is 0 Å². The molecule has 1 N–H and O–H groups in total. The molecule has 2 aromatic rings. The van der Waals surface area contributed by atoms with Gasteiger partial charge in [0.2, 0.25) is 5.91 Å². The second kappa shape index (κ2) is 11.1. The van der Waals surface area contributed by atoms with Crippen molar-refractivity contribution < 1.29 is 9.59 Å². The first-order valence-corrected chi connectivity index (χ1v) is 13.6. The van der Waals surface area contributed by atoms with Crippen molar-refractivity contribution in [1.29, 1.82) is 0 Å². The van der Waals surface area contributed by atoms with Gasteiger partial charge in [0.05, 0.1) is 12.6 Å². The van der Waals surface area contributed by atoms with Gasteiger partial charge in [-0.05, 0) is 74.7 Å². The molecule has 3 atom stereocenters. The van der Waals surface area contributed by atoms with Crippen molar-refractivity contribution in [3.05, 3.63) is 70.8 Å². The largest absolute Gasteiger partial charge is 0.348 e. The van der Waals surface area contributed by atoms with E-state index in [1.807, 2.05) is 38.1 Å². The molecule has 0 bridgehead atoms. The molecule has 0 saturated carbocycles. The first kappa shape index (κ1) is 25.0. The Morgan fingerprint density at radius 1 is 0.861 bits per heavy atom. The monoisotopic (exact) mass is 488 g/mol. The van der Waals surface area contributed by atoms with Gasteiger partial charge in [-0.3, -0.25) is 14.5 Å². The number of hydrogen-bond acceptors (Lipinski definition) is 4. The van der Waals surface area contributed by atoms with E-state index in [1.54, 1.807) is 0 Å². The molecule has 2 amide bonds. The molecule has 6 nitrogen and oxygen atoms in total. The predicted octanol–water partition coefficient (Wildman–Crippen LogP) is 3.65. The number of rotatable bonds is 8. The Morgan fingerprint density at radius 3 is 2.14 bits per heavy atom. The molecule has 5 rings (SSSR count). The van der Waals surface area contributed by atoms with Crippen molar-refractivity contribution in [2.24, 2.45) is 11.8 Å².